The molecule has 2 nitrogen and oxygen atoms in total. The lowest BCUT2D eigenvalue weighted by molar-refractivity contribution is -0.285. The molecule has 0 aromatic rings. The second kappa shape index (κ2) is 3.48. The Balaban J connectivity index is 4.45. The second-order valence-corrected chi connectivity index (χ2v) is 2.00. The normalized spacial score (nSPS) is 14.0. The molecule has 0 amide bonds. The Morgan fingerprint density at radius 2 is 1.33 bits per heavy atom. The summed E-state index contributed by atoms with van der Waals surface area (Å²) in [6.07, 6.45) is -10.8. The zero-order valence-corrected chi connectivity index (χ0v) is 5.50. The molecule has 0 spiro atoms. The number of hydrogen-bond donors (Lipinski definition) is 2. The van der Waals surface area contributed by atoms with Gasteiger partial charge in [-0.2, -0.15) is 26.3 Å². The highest BCUT2D eigenvalue weighted by Crippen LogP contribution is 2.38. The van der Waals surface area contributed by atoms with Gasteiger partial charge in [-0.1, -0.05) is 0 Å². The molecule has 74 valence electrons. The lowest BCUT2D eigenvalue weighted by atomic mass is 10.1. The van der Waals surface area contributed by atoms with Gasteiger partial charge < -0.3 is 5.21 Å². The molecular weight excluding hydrogens is 192 g/mol. The summed E-state index contributed by atoms with van der Waals surface area (Å²) in [5, 5.41) is 7.71. The Morgan fingerprint density at radius 3 is 1.42 bits per heavy atom. The summed E-state index contributed by atoms with van der Waals surface area (Å²) in [6.45, 7) is -1.59. The number of nitrogens with one attached hydrogen (secondary N) is 1. The largest absolute Gasteiger partial charge is 0.401 e. The SMILES string of the molecule is ONCC(C(F)(F)F)C(F)(F)F. The van der Waals surface area contributed by atoms with Gasteiger partial charge in [-0.15, -0.1) is 0 Å². The molecule has 0 unspecified atom stereocenters. The first-order valence-corrected chi connectivity index (χ1v) is 2.70. The van der Waals surface area contributed by atoms with Crippen molar-refractivity contribution in [3.8, 4) is 0 Å². The van der Waals surface area contributed by atoms with Gasteiger partial charge in [0.2, 0.25) is 0 Å². The van der Waals surface area contributed by atoms with E-state index in [0.717, 1.165) is 5.48 Å². The van der Waals surface area contributed by atoms with Crippen molar-refractivity contribution in [3.05, 3.63) is 0 Å². The molecule has 0 radical (unpaired) electrons. The Morgan fingerprint density at radius 1 is 1.00 bits per heavy atom. The Bertz CT molecular complexity index is 125. The molecule has 0 aromatic carbocycles. The summed E-state index contributed by atoms with van der Waals surface area (Å²) in [5.74, 6) is -3.53. The van der Waals surface area contributed by atoms with E-state index in [0.29, 0.717) is 0 Å². The molecule has 0 rings (SSSR count). The molecule has 0 aliphatic heterocycles. The molecule has 0 atom stereocenters. The number of halogens is 6. The highest BCUT2D eigenvalue weighted by atomic mass is 19.4. The van der Waals surface area contributed by atoms with Crippen molar-refractivity contribution in [1.82, 2.24) is 5.48 Å². The van der Waals surface area contributed by atoms with Crippen LogP contribution in [0, 0.1) is 5.92 Å². The number of alkyl halides is 6. The van der Waals surface area contributed by atoms with Crippen LogP contribution in [0.4, 0.5) is 26.3 Å². The summed E-state index contributed by atoms with van der Waals surface area (Å²) in [4.78, 5) is 0. The molecule has 8 heteroatoms. The van der Waals surface area contributed by atoms with E-state index in [1.165, 1.54) is 0 Å². The van der Waals surface area contributed by atoms with Gasteiger partial charge in [0, 0.05) is 6.54 Å². The highest BCUT2D eigenvalue weighted by Gasteiger charge is 2.56. The van der Waals surface area contributed by atoms with Gasteiger partial charge in [0.25, 0.3) is 0 Å². The fraction of sp³-hybridized carbons (Fsp3) is 1.00. The minimum absolute atomic E-state index is 0.841. The van der Waals surface area contributed by atoms with E-state index in [1.807, 2.05) is 0 Å². The van der Waals surface area contributed by atoms with Crippen LogP contribution in [-0.2, 0) is 0 Å². The molecule has 0 heterocycles. The Labute approximate surface area is 63.1 Å². The minimum atomic E-state index is -5.39. The van der Waals surface area contributed by atoms with Gasteiger partial charge in [-0.05, 0) is 0 Å². The van der Waals surface area contributed by atoms with Crippen LogP contribution in [0.2, 0.25) is 0 Å². The number of rotatable bonds is 2. The van der Waals surface area contributed by atoms with Gasteiger partial charge in [0.05, 0.1) is 0 Å². The lowest BCUT2D eigenvalue weighted by Gasteiger charge is -2.21. The topological polar surface area (TPSA) is 32.3 Å². The van der Waals surface area contributed by atoms with Crippen molar-refractivity contribution in [2.24, 2.45) is 5.92 Å². The van der Waals surface area contributed by atoms with Crippen molar-refractivity contribution in [2.45, 2.75) is 12.4 Å². The fourth-order valence-electron chi connectivity index (χ4n) is 0.508. The zero-order valence-electron chi connectivity index (χ0n) is 5.50. The lowest BCUT2D eigenvalue weighted by Crippen LogP contribution is -2.42. The first-order chi connectivity index (χ1) is 5.19. The molecule has 0 aliphatic rings. The van der Waals surface area contributed by atoms with Gasteiger partial charge in [0.1, 0.15) is 0 Å². The third-order valence-electron chi connectivity index (χ3n) is 1.09. The average Bonchev–Trinajstić information content (AvgIpc) is 1.77. The minimum Gasteiger partial charge on any atom is -0.317 e. The van der Waals surface area contributed by atoms with Gasteiger partial charge in [-0.25, -0.2) is 5.48 Å². The third kappa shape index (κ3) is 3.26. The summed E-state index contributed by atoms with van der Waals surface area (Å²) < 4.78 is 69.2. The molecular formula is C4H5F6NO. The van der Waals surface area contributed by atoms with E-state index in [2.05, 4.69) is 0 Å². The van der Waals surface area contributed by atoms with Crippen molar-refractivity contribution >= 4 is 0 Å². The Kier molecular flexibility index (Phi) is 3.34. The zero-order chi connectivity index (χ0) is 9.99. The van der Waals surface area contributed by atoms with Crippen LogP contribution in [0.1, 0.15) is 0 Å². The van der Waals surface area contributed by atoms with Crippen molar-refractivity contribution in [3.63, 3.8) is 0 Å². The highest BCUT2D eigenvalue weighted by molar-refractivity contribution is 4.75. The molecule has 0 saturated carbocycles. The molecule has 0 aliphatic carbocycles. The molecule has 0 bridgehead atoms. The van der Waals surface area contributed by atoms with E-state index in [9.17, 15) is 26.3 Å². The summed E-state index contributed by atoms with van der Waals surface area (Å²) in [5.41, 5.74) is 0.841. The van der Waals surface area contributed by atoms with Crippen LogP contribution < -0.4 is 5.48 Å². The van der Waals surface area contributed by atoms with E-state index in [1.54, 1.807) is 0 Å². The molecule has 2 N–H and O–H groups in total. The van der Waals surface area contributed by atoms with E-state index >= 15 is 0 Å². The van der Waals surface area contributed by atoms with E-state index in [-0.39, 0.29) is 0 Å². The molecule has 0 saturated heterocycles. The summed E-state index contributed by atoms with van der Waals surface area (Å²) in [7, 11) is 0. The predicted octanol–water partition coefficient (Wildman–Crippen LogP) is 1.71. The van der Waals surface area contributed by atoms with Crippen LogP contribution in [0.15, 0.2) is 0 Å². The maximum Gasteiger partial charge on any atom is 0.401 e. The quantitative estimate of drug-likeness (QED) is 0.521. The van der Waals surface area contributed by atoms with Gasteiger partial charge in [0.15, 0.2) is 5.92 Å². The second-order valence-electron chi connectivity index (χ2n) is 2.00. The van der Waals surface area contributed by atoms with E-state index in [4.69, 9.17) is 5.21 Å². The van der Waals surface area contributed by atoms with Crippen LogP contribution >= 0.6 is 0 Å². The fourth-order valence-corrected chi connectivity index (χ4v) is 0.508. The van der Waals surface area contributed by atoms with Crippen LogP contribution in [0.3, 0.4) is 0 Å². The number of hydroxylamine groups is 1. The first kappa shape index (κ1) is 11.5. The molecule has 0 aromatic heterocycles. The Hall–Kier alpha value is -0.500. The standard InChI is InChI=1S/C4H5F6NO/c5-3(6,7)2(1-11-12)4(8,9)10/h2,11-12H,1H2. The van der Waals surface area contributed by atoms with E-state index < -0.39 is 24.8 Å². The maximum atomic E-state index is 11.5. The predicted molar refractivity (Wildman–Crippen MR) is 25.4 cm³/mol. The van der Waals surface area contributed by atoms with Crippen LogP contribution in [-0.4, -0.2) is 24.1 Å². The van der Waals surface area contributed by atoms with Crippen LogP contribution in [0.5, 0.6) is 0 Å². The van der Waals surface area contributed by atoms with Crippen LogP contribution in [0.25, 0.3) is 0 Å². The van der Waals surface area contributed by atoms with Gasteiger partial charge in [-0.3, -0.25) is 0 Å². The van der Waals surface area contributed by atoms with Gasteiger partial charge >= 0.3 is 12.4 Å². The van der Waals surface area contributed by atoms with Crippen molar-refractivity contribution in [2.75, 3.05) is 6.54 Å². The smallest absolute Gasteiger partial charge is 0.317 e. The number of hydrogen-bond acceptors (Lipinski definition) is 2. The third-order valence-corrected chi connectivity index (χ3v) is 1.09. The molecule has 12 heavy (non-hydrogen) atoms. The molecule has 0 fully saturated rings. The maximum absolute atomic E-state index is 11.5. The first-order valence-electron chi connectivity index (χ1n) is 2.70. The van der Waals surface area contributed by atoms with Crippen molar-refractivity contribution < 1.29 is 31.5 Å². The summed E-state index contributed by atoms with van der Waals surface area (Å²) in [6, 6.07) is 0. The summed E-state index contributed by atoms with van der Waals surface area (Å²) >= 11 is 0. The monoisotopic (exact) mass is 197 g/mol. The van der Waals surface area contributed by atoms with Crippen molar-refractivity contribution in [1.29, 1.82) is 0 Å². The average molecular weight is 197 g/mol.